The molecule has 8 nitrogen and oxygen atoms in total. The number of anilines is 2. The molecule has 1 saturated heterocycles. The Morgan fingerprint density at radius 3 is 2.60 bits per heavy atom. The summed E-state index contributed by atoms with van der Waals surface area (Å²) in [4.78, 5) is 13.8. The van der Waals surface area contributed by atoms with Crippen molar-refractivity contribution < 1.29 is 31.1 Å². The third kappa shape index (κ3) is 4.69. The van der Waals surface area contributed by atoms with Crippen molar-refractivity contribution in [1.29, 1.82) is 0 Å². The molecule has 1 aromatic heterocycles. The van der Waals surface area contributed by atoms with Crippen molar-refractivity contribution in [3.63, 3.8) is 0 Å². The third-order valence-corrected chi connectivity index (χ3v) is 5.97. The smallest absolute Gasteiger partial charge is 0.416 e. The summed E-state index contributed by atoms with van der Waals surface area (Å²) in [5, 5.41) is 5.20. The predicted octanol–water partition coefficient (Wildman–Crippen LogP) is 3.40. The number of aromatic nitrogens is 2. The molecule has 2 aromatic rings. The molecule has 2 heterocycles. The molecule has 0 radical (unpaired) electrons. The van der Waals surface area contributed by atoms with Gasteiger partial charge in [0.2, 0.25) is 0 Å². The summed E-state index contributed by atoms with van der Waals surface area (Å²) in [5.74, 6) is -0.910. The lowest BCUT2D eigenvalue weighted by atomic mass is 10.1. The highest BCUT2D eigenvalue weighted by Gasteiger charge is 2.33. The van der Waals surface area contributed by atoms with Gasteiger partial charge >= 0.3 is 12.1 Å². The van der Waals surface area contributed by atoms with E-state index in [1.165, 1.54) is 6.07 Å². The van der Waals surface area contributed by atoms with Gasteiger partial charge in [-0.25, -0.2) is 4.79 Å². The number of carbonyl (C=O) groups is 1. The quantitative estimate of drug-likeness (QED) is 0.659. The Morgan fingerprint density at radius 1 is 1.27 bits per heavy atom. The number of sulfonamides is 1. The summed E-state index contributed by atoms with van der Waals surface area (Å²) in [6.45, 7) is 2.76. The Balaban J connectivity index is 2.01. The van der Waals surface area contributed by atoms with E-state index in [-0.39, 0.29) is 17.9 Å². The van der Waals surface area contributed by atoms with Gasteiger partial charge in [0.05, 0.1) is 29.7 Å². The molecule has 0 amide bonds. The number of halogens is 3. The van der Waals surface area contributed by atoms with Crippen molar-refractivity contribution in [2.75, 3.05) is 29.3 Å². The molecule has 3 rings (SSSR count). The van der Waals surface area contributed by atoms with E-state index in [1.807, 2.05) is 4.90 Å². The average molecular weight is 446 g/mol. The first-order valence-electron chi connectivity index (χ1n) is 9.33. The summed E-state index contributed by atoms with van der Waals surface area (Å²) in [6.07, 6.45) is -0.967. The summed E-state index contributed by atoms with van der Waals surface area (Å²) >= 11 is 0. The van der Waals surface area contributed by atoms with E-state index in [4.69, 9.17) is 4.74 Å². The molecule has 30 heavy (non-hydrogen) atoms. The van der Waals surface area contributed by atoms with Crippen LogP contribution in [0.15, 0.2) is 29.4 Å². The van der Waals surface area contributed by atoms with Gasteiger partial charge in [-0.3, -0.25) is 9.82 Å². The van der Waals surface area contributed by atoms with Crippen LogP contribution in [0.1, 0.15) is 42.1 Å². The molecule has 0 atom stereocenters. The lowest BCUT2D eigenvalue weighted by Gasteiger charge is -2.31. The number of benzene rings is 1. The van der Waals surface area contributed by atoms with Crippen LogP contribution in [0.3, 0.4) is 0 Å². The van der Waals surface area contributed by atoms with E-state index in [9.17, 15) is 26.4 Å². The van der Waals surface area contributed by atoms with E-state index in [0.717, 1.165) is 37.6 Å². The van der Waals surface area contributed by atoms with Crippen molar-refractivity contribution >= 4 is 27.4 Å². The van der Waals surface area contributed by atoms with Crippen LogP contribution in [0.2, 0.25) is 0 Å². The lowest BCUT2D eigenvalue weighted by molar-refractivity contribution is -0.137. The van der Waals surface area contributed by atoms with Gasteiger partial charge in [0.1, 0.15) is 5.56 Å². The highest BCUT2D eigenvalue weighted by Crippen LogP contribution is 2.37. The third-order valence-electron chi connectivity index (χ3n) is 4.63. The fourth-order valence-electron chi connectivity index (χ4n) is 3.23. The summed E-state index contributed by atoms with van der Waals surface area (Å²) in [5.41, 5.74) is -1.22. The first-order valence-corrected chi connectivity index (χ1v) is 10.8. The second kappa shape index (κ2) is 8.54. The molecule has 0 unspecified atom stereocenters. The summed E-state index contributed by atoms with van der Waals surface area (Å²) in [6, 6.07) is 2.93. The fourth-order valence-corrected chi connectivity index (χ4v) is 4.39. The topological polar surface area (TPSA) is 104 Å². The van der Waals surface area contributed by atoms with Crippen LogP contribution in [0, 0.1) is 0 Å². The predicted molar refractivity (Wildman–Crippen MR) is 103 cm³/mol. The number of aromatic amines is 1. The number of carbonyl (C=O) groups excluding carboxylic acids is 1. The Labute approximate surface area is 171 Å². The van der Waals surface area contributed by atoms with Gasteiger partial charge in [-0.2, -0.15) is 26.7 Å². The number of alkyl halides is 3. The molecular formula is C18H21F3N4O4S. The fraction of sp³-hybridized carbons (Fsp3) is 0.444. The van der Waals surface area contributed by atoms with Crippen molar-refractivity contribution in [2.24, 2.45) is 0 Å². The SMILES string of the molecule is CCOC(=O)c1cn[nH]c1S(=O)(=O)Nc1cc(C(F)(F)F)ccc1N1CCCCC1. The number of hydrogen-bond donors (Lipinski definition) is 2. The normalized spacial score (nSPS) is 15.1. The molecule has 12 heteroatoms. The number of piperidine rings is 1. The van der Waals surface area contributed by atoms with E-state index < -0.39 is 32.8 Å². The van der Waals surface area contributed by atoms with Gasteiger partial charge in [0.15, 0.2) is 5.03 Å². The zero-order valence-electron chi connectivity index (χ0n) is 16.1. The molecule has 0 saturated carbocycles. The maximum absolute atomic E-state index is 13.2. The Kier molecular flexibility index (Phi) is 6.25. The molecule has 1 aliphatic heterocycles. The Bertz CT molecular complexity index is 1010. The van der Waals surface area contributed by atoms with Crippen molar-refractivity contribution in [1.82, 2.24) is 10.2 Å². The van der Waals surface area contributed by atoms with E-state index in [1.54, 1.807) is 6.92 Å². The van der Waals surface area contributed by atoms with Crippen LogP contribution >= 0.6 is 0 Å². The second-order valence-electron chi connectivity index (χ2n) is 6.72. The second-order valence-corrected chi connectivity index (χ2v) is 8.34. The summed E-state index contributed by atoms with van der Waals surface area (Å²) in [7, 11) is -4.45. The molecule has 164 valence electrons. The first kappa shape index (κ1) is 21.9. The van der Waals surface area contributed by atoms with Crippen molar-refractivity contribution in [3.8, 4) is 0 Å². The van der Waals surface area contributed by atoms with Crippen molar-refractivity contribution in [2.45, 2.75) is 37.4 Å². The largest absolute Gasteiger partial charge is 0.462 e. The molecular weight excluding hydrogens is 425 g/mol. The number of hydrogen-bond acceptors (Lipinski definition) is 6. The average Bonchev–Trinajstić information content (AvgIpc) is 3.19. The van der Waals surface area contributed by atoms with Gasteiger partial charge in [-0.1, -0.05) is 0 Å². The van der Waals surface area contributed by atoms with Crippen LogP contribution in [0.4, 0.5) is 24.5 Å². The minimum Gasteiger partial charge on any atom is -0.462 e. The number of H-pyrrole nitrogens is 1. The highest BCUT2D eigenvalue weighted by molar-refractivity contribution is 7.92. The van der Waals surface area contributed by atoms with Gasteiger partial charge in [0, 0.05) is 13.1 Å². The van der Waals surface area contributed by atoms with Crippen LogP contribution in [0.25, 0.3) is 0 Å². The Morgan fingerprint density at radius 2 is 1.97 bits per heavy atom. The highest BCUT2D eigenvalue weighted by atomic mass is 32.2. The zero-order valence-corrected chi connectivity index (χ0v) is 16.9. The minimum absolute atomic E-state index is 0.0175. The molecule has 0 spiro atoms. The van der Waals surface area contributed by atoms with Gasteiger partial charge in [-0.15, -0.1) is 0 Å². The number of esters is 1. The standard InChI is InChI=1S/C18H21F3N4O4S/c1-2-29-17(26)13-11-22-23-16(13)30(27,28)24-14-10-12(18(19,20)21)6-7-15(14)25-8-4-3-5-9-25/h6-7,10-11,24H,2-5,8-9H2,1H3,(H,22,23). The van der Waals surface area contributed by atoms with Crippen LogP contribution < -0.4 is 9.62 Å². The maximum Gasteiger partial charge on any atom is 0.416 e. The molecule has 2 N–H and O–H groups in total. The van der Waals surface area contributed by atoms with Crippen LogP contribution in [-0.4, -0.2) is 44.3 Å². The number of nitrogens with one attached hydrogen (secondary N) is 2. The Hall–Kier alpha value is -2.76. The van der Waals surface area contributed by atoms with Gasteiger partial charge in [-0.05, 0) is 44.4 Å². The molecule has 1 fully saturated rings. The van der Waals surface area contributed by atoms with Crippen LogP contribution in [-0.2, 0) is 20.9 Å². The van der Waals surface area contributed by atoms with E-state index >= 15 is 0 Å². The summed E-state index contributed by atoms with van der Waals surface area (Å²) < 4.78 is 72.5. The minimum atomic E-state index is -4.65. The molecule has 0 bridgehead atoms. The molecule has 0 aliphatic carbocycles. The first-order chi connectivity index (χ1) is 14.1. The molecule has 1 aromatic carbocycles. The van der Waals surface area contributed by atoms with Gasteiger partial charge in [0.25, 0.3) is 10.0 Å². The van der Waals surface area contributed by atoms with Crippen LogP contribution in [0.5, 0.6) is 0 Å². The maximum atomic E-state index is 13.2. The molecule has 1 aliphatic rings. The lowest BCUT2D eigenvalue weighted by Crippen LogP contribution is -2.30. The van der Waals surface area contributed by atoms with Gasteiger partial charge < -0.3 is 9.64 Å². The van der Waals surface area contributed by atoms with E-state index in [2.05, 4.69) is 14.9 Å². The van der Waals surface area contributed by atoms with E-state index in [0.29, 0.717) is 18.8 Å². The number of nitrogens with zero attached hydrogens (tertiary/aromatic N) is 2. The number of rotatable bonds is 6. The zero-order chi connectivity index (χ0) is 21.9. The number of ether oxygens (including phenoxy) is 1. The monoisotopic (exact) mass is 446 g/mol. The van der Waals surface area contributed by atoms with Crippen molar-refractivity contribution in [3.05, 3.63) is 35.5 Å².